The first-order chi connectivity index (χ1) is 13.0. The molecule has 3 aromatic carbocycles. The molecule has 0 spiro atoms. The molecule has 0 N–H and O–H groups in total. The number of benzene rings is 3. The maximum absolute atomic E-state index is 12.3. The van der Waals surface area contributed by atoms with E-state index in [0.29, 0.717) is 23.5 Å². The van der Waals surface area contributed by atoms with Gasteiger partial charge in [0.15, 0.2) is 5.78 Å². The Hall–Kier alpha value is -3.40. The summed E-state index contributed by atoms with van der Waals surface area (Å²) in [6, 6.07) is 21.5. The molecule has 0 radical (unpaired) electrons. The highest BCUT2D eigenvalue weighted by Crippen LogP contribution is 2.17. The summed E-state index contributed by atoms with van der Waals surface area (Å²) in [5, 5.41) is 0. The van der Waals surface area contributed by atoms with Crippen molar-refractivity contribution in [3.8, 4) is 11.5 Å². The van der Waals surface area contributed by atoms with Gasteiger partial charge in [0, 0.05) is 5.56 Å². The fraction of sp³-hybridized carbons (Fsp3) is 0.130. The van der Waals surface area contributed by atoms with Crippen LogP contribution in [-0.2, 0) is 6.61 Å². The zero-order valence-electron chi connectivity index (χ0n) is 15.3. The first-order valence-electron chi connectivity index (χ1n) is 8.63. The third kappa shape index (κ3) is 5.05. The summed E-state index contributed by atoms with van der Waals surface area (Å²) in [7, 11) is 0. The van der Waals surface area contributed by atoms with Crippen LogP contribution >= 0.6 is 0 Å². The highest BCUT2D eigenvalue weighted by Gasteiger charge is 2.10. The number of carbonyl (C=O) groups excluding carboxylic acids is 2. The van der Waals surface area contributed by atoms with E-state index in [4.69, 9.17) is 9.47 Å². The molecule has 0 heterocycles. The molecule has 3 rings (SSSR count). The van der Waals surface area contributed by atoms with E-state index in [9.17, 15) is 9.59 Å². The van der Waals surface area contributed by atoms with Crippen molar-refractivity contribution in [1.29, 1.82) is 0 Å². The van der Waals surface area contributed by atoms with Crippen molar-refractivity contribution >= 4 is 11.8 Å². The summed E-state index contributed by atoms with van der Waals surface area (Å²) in [6.07, 6.45) is 0. The second-order valence-electron chi connectivity index (χ2n) is 6.28. The van der Waals surface area contributed by atoms with Crippen LogP contribution in [0.1, 0.15) is 38.8 Å². The van der Waals surface area contributed by atoms with Crippen LogP contribution in [-0.4, -0.2) is 11.8 Å². The minimum absolute atomic E-state index is 0.0779. The van der Waals surface area contributed by atoms with Gasteiger partial charge in [-0.05, 0) is 61.4 Å². The van der Waals surface area contributed by atoms with Gasteiger partial charge in [0.05, 0.1) is 5.56 Å². The zero-order chi connectivity index (χ0) is 19.2. The van der Waals surface area contributed by atoms with Crippen LogP contribution in [0.15, 0.2) is 72.8 Å². The summed E-state index contributed by atoms with van der Waals surface area (Å²) < 4.78 is 11.1. The average Bonchev–Trinajstić information content (AvgIpc) is 2.67. The summed E-state index contributed by atoms with van der Waals surface area (Å²) >= 11 is 0. The third-order valence-electron chi connectivity index (χ3n) is 4.04. The van der Waals surface area contributed by atoms with Gasteiger partial charge in [-0.15, -0.1) is 0 Å². The normalized spacial score (nSPS) is 10.3. The van der Waals surface area contributed by atoms with Gasteiger partial charge in [-0.3, -0.25) is 4.79 Å². The van der Waals surface area contributed by atoms with Crippen LogP contribution in [0.3, 0.4) is 0 Å². The summed E-state index contributed by atoms with van der Waals surface area (Å²) in [4.78, 5) is 23.7. The SMILES string of the molecule is CC(=O)c1cccc(OC(=O)c2ccc(COc3cccc(C)c3)cc2)c1. The van der Waals surface area contributed by atoms with Crippen LogP contribution in [0.4, 0.5) is 0 Å². The Morgan fingerprint density at radius 3 is 2.22 bits per heavy atom. The summed E-state index contributed by atoms with van der Waals surface area (Å²) in [6.45, 7) is 3.90. The molecular formula is C23H20O4. The lowest BCUT2D eigenvalue weighted by Crippen LogP contribution is -2.09. The maximum Gasteiger partial charge on any atom is 0.343 e. The summed E-state index contributed by atoms with van der Waals surface area (Å²) in [5.74, 6) is 0.608. The molecule has 0 bridgehead atoms. The summed E-state index contributed by atoms with van der Waals surface area (Å²) in [5.41, 5.74) is 3.03. The fourth-order valence-corrected chi connectivity index (χ4v) is 2.55. The van der Waals surface area contributed by atoms with Crippen molar-refractivity contribution in [3.63, 3.8) is 0 Å². The molecule has 3 aromatic rings. The van der Waals surface area contributed by atoms with Gasteiger partial charge in [-0.2, -0.15) is 0 Å². The molecule has 4 nitrogen and oxygen atoms in total. The minimum Gasteiger partial charge on any atom is -0.489 e. The number of esters is 1. The Labute approximate surface area is 158 Å². The van der Waals surface area contributed by atoms with Gasteiger partial charge in [0.25, 0.3) is 0 Å². The van der Waals surface area contributed by atoms with Crippen LogP contribution < -0.4 is 9.47 Å². The Morgan fingerprint density at radius 1 is 0.815 bits per heavy atom. The van der Waals surface area contributed by atoms with Crippen molar-refractivity contribution in [2.24, 2.45) is 0 Å². The molecule has 0 aromatic heterocycles. The van der Waals surface area contributed by atoms with E-state index in [0.717, 1.165) is 16.9 Å². The molecule has 27 heavy (non-hydrogen) atoms. The van der Waals surface area contributed by atoms with Gasteiger partial charge in [0.2, 0.25) is 0 Å². The van der Waals surface area contributed by atoms with Crippen molar-refractivity contribution in [3.05, 3.63) is 95.1 Å². The molecule has 0 saturated heterocycles. The van der Waals surface area contributed by atoms with E-state index >= 15 is 0 Å². The molecule has 4 heteroatoms. The number of ketones is 1. The van der Waals surface area contributed by atoms with Gasteiger partial charge < -0.3 is 9.47 Å². The van der Waals surface area contributed by atoms with Gasteiger partial charge >= 0.3 is 5.97 Å². The van der Waals surface area contributed by atoms with E-state index in [2.05, 4.69) is 0 Å². The lowest BCUT2D eigenvalue weighted by atomic mass is 10.1. The Morgan fingerprint density at radius 2 is 1.52 bits per heavy atom. The van der Waals surface area contributed by atoms with E-state index in [1.54, 1.807) is 36.4 Å². The Bertz CT molecular complexity index is 958. The molecular weight excluding hydrogens is 340 g/mol. The molecule has 0 aliphatic rings. The number of aryl methyl sites for hydroxylation is 1. The zero-order valence-corrected chi connectivity index (χ0v) is 15.3. The van der Waals surface area contributed by atoms with E-state index in [1.807, 2.05) is 43.3 Å². The molecule has 0 saturated carbocycles. The van der Waals surface area contributed by atoms with Crippen molar-refractivity contribution in [2.75, 3.05) is 0 Å². The minimum atomic E-state index is -0.471. The molecule has 0 fully saturated rings. The smallest absolute Gasteiger partial charge is 0.343 e. The molecule has 0 atom stereocenters. The van der Waals surface area contributed by atoms with Crippen LogP contribution in [0.2, 0.25) is 0 Å². The van der Waals surface area contributed by atoms with Gasteiger partial charge in [-0.1, -0.05) is 36.4 Å². The number of hydrogen-bond acceptors (Lipinski definition) is 4. The second-order valence-corrected chi connectivity index (χ2v) is 6.28. The fourth-order valence-electron chi connectivity index (χ4n) is 2.55. The van der Waals surface area contributed by atoms with E-state index < -0.39 is 5.97 Å². The van der Waals surface area contributed by atoms with Crippen LogP contribution in [0, 0.1) is 6.92 Å². The van der Waals surface area contributed by atoms with Crippen LogP contribution in [0.25, 0.3) is 0 Å². The number of carbonyl (C=O) groups is 2. The van der Waals surface area contributed by atoms with Crippen LogP contribution in [0.5, 0.6) is 11.5 Å². The van der Waals surface area contributed by atoms with Gasteiger partial charge in [-0.25, -0.2) is 4.79 Å². The maximum atomic E-state index is 12.3. The lowest BCUT2D eigenvalue weighted by molar-refractivity contribution is 0.0733. The average molecular weight is 360 g/mol. The first-order valence-corrected chi connectivity index (χ1v) is 8.63. The highest BCUT2D eigenvalue weighted by molar-refractivity contribution is 5.95. The number of rotatable bonds is 6. The first kappa shape index (κ1) is 18.4. The number of hydrogen-bond donors (Lipinski definition) is 0. The monoisotopic (exact) mass is 360 g/mol. The molecule has 136 valence electrons. The molecule has 0 amide bonds. The molecule has 0 aliphatic carbocycles. The third-order valence-corrected chi connectivity index (χ3v) is 4.04. The van der Waals surface area contributed by atoms with E-state index in [-0.39, 0.29) is 5.78 Å². The van der Waals surface area contributed by atoms with Crippen molar-refractivity contribution in [1.82, 2.24) is 0 Å². The van der Waals surface area contributed by atoms with Crippen molar-refractivity contribution < 1.29 is 19.1 Å². The Kier molecular flexibility index (Phi) is 5.67. The predicted octanol–water partition coefficient (Wildman–Crippen LogP) is 5.00. The number of Topliss-reactive ketones (excluding diaryl/α,β-unsaturated/α-hetero) is 1. The predicted molar refractivity (Wildman–Crippen MR) is 103 cm³/mol. The Balaban J connectivity index is 1.61. The van der Waals surface area contributed by atoms with Crippen molar-refractivity contribution in [2.45, 2.75) is 20.5 Å². The molecule has 0 unspecified atom stereocenters. The van der Waals surface area contributed by atoms with Gasteiger partial charge in [0.1, 0.15) is 18.1 Å². The molecule has 0 aliphatic heterocycles. The largest absolute Gasteiger partial charge is 0.489 e. The standard InChI is InChI=1S/C23H20O4/c1-16-5-3-7-21(13-16)26-15-18-9-11-19(12-10-18)23(25)27-22-8-4-6-20(14-22)17(2)24/h3-14H,15H2,1-2H3. The lowest BCUT2D eigenvalue weighted by Gasteiger charge is -2.08. The highest BCUT2D eigenvalue weighted by atomic mass is 16.5. The second kappa shape index (κ2) is 8.32. The number of ether oxygens (including phenoxy) is 2. The quantitative estimate of drug-likeness (QED) is 0.353. The van der Waals surface area contributed by atoms with E-state index in [1.165, 1.54) is 6.92 Å². The topological polar surface area (TPSA) is 52.6 Å².